The van der Waals surface area contributed by atoms with Gasteiger partial charge in [-0.3, -0.25) is 14.4 Å². The van der Waals surface area contributed by atoms with Crippen LogP contribution in [0, 0.1) is 0 Å². The van der Waals surface area contributed by atoms with Crippen molar-refractivity contribution in [3.8, 4) is 0 Å². The van der Waals surface area contributed by atoms with Gasteiger partial charge in [0.2, 0.25) is 11.8 Å². The second-order valence-corrected chi connectivity index (χ2v) is 3.95. The van der Waals surface area contributed by atoms with Crippen LogP contribution in [-0.4, -0.2) is 49.4 Å². The van der Waals surface area contributed by atoms with Gasteiger partial charge in [-0.05, 0) is 12.8 Å². The Balaban J connectivity index is 2.20. The first-order chi connectivity index (χ1) is 8.13. The number of carbonyl (C=O) groups is 3. The number of methoxy groups -OCH3 is 1. The standard InChI is InChI=1S/C11H18N2O4/c1-17-11(16)5-6-12-9(14)8-13-7-3-2-4-10(13)15/h2-8H2,1H3,(H,12,14). The quantitative estimate of drug-likeness (QED) is 0.670. The summed E-state index contributed by atoms with van der Waals surface area (Å²) in [5.74, 6) is -0.567. The molecule has 2 amide bonds. The molecule has 1 heterocycles. The summed E-state index contributed by atoms with van der Waals surface area (Å²) in [4.78, 5) is 35.2. The summed E-state index contributed by atoms with van der Waals surface area (Å²) in [6.07, 6.45) is 2.52. The monoisotopic (exact) mass is 242 g/mol. The Labute approximate surface area is 100 Å². The van der Waals surface area contributed by atoms with Crippen molar-refractivity contribution in [3.63, 3.8) is 0 Å². The highest BCUT2D eigenvalue weighted by Gasteiger charge is 2.20. The van der Waals surface area contributed by atoms with Crippen molar-refractivity contribution in [1.82, 2.24) is 10.2 Å². The van der Waals surface area contributed by atoms with E-state index in [1.807, 2.05) is 0 Å². The summed E-state index contributed by atoms with van der Waals surface area (Å²) in [5.41, 5.74) is 0. The van der Waals surface area contributed by atoms with Crippen LogP contribution in [0.1, 0.15) is 25.7 Å². The van der Waals surface area contributed by atoms with Crippen LogP contribution in [0.4, 0.5) is 0 Å². The third-order valence-corrected chi connectivity index (χ3v) is 2.63. The average molecular weight is 242 g/mol. The summed E-state index contributed by atoms with van der Waals surface area (Å²) in [6, 6.07) is 0. The lowest BCUT2D eigenvalue weighted by molar-refractivity contribution is -0.141. The van der Waals surface area contributed by atoms with Crippen LogP contribution in [0.25, 0.3) is 0 Å². The number of amides is 2. The first-order valence-electron chi connectivity index (χ1n) is 5.75. The Bertz CT molecular complexity index is 304. The predicted molar refractivity (Wildman–Crippen MR) is 60.1 cm³/mol. The Morgan fingerprint density at radius 3 is 2.82 bits per heavy atom. The molecule has 1 N–H and O–H groups in total. The molecule has 0 aliphatic carbocycles. The van der Waals surface area contributed by atoms with E-state index in [1.54, 1.807) is 4.90 Å². The van der Waals surface area contributed by atoms with Crippen molar-refractivity contribution >= 4 is 17.8 Å². The molecule has 0 aromatic rings. The lowest BCUT2D eigenvalue weighted by Gasteiger charge is -2.25. The molecule has 0 atom stereocenters. The van der Waals surface area contributed by atoms with E-state index >= 15 is 0 Å². The number of nitrogens with zero attached hydrogens (tertiary/aromatic N) is 1. The van der Waals surface area contributed by atoms with Gasteiger partial charge in [0, 0.05) is 19.5 Å². The SMILES string of the molecule is COC(=O)CCNC(=O)CN1CCCCC1=O. The van der Waals surface area contributed by atoms with Crippen molar-refractivity contribution in [3.05, 3.63) is 0 Å². The molecule has 0 aromatic carbocycles. The molecule has 6 heteroatoms. The van der Waals surface area contributed by atoms with Gasteiger partial charge in [-0.1, -0.05) is 0 Å². The predicted octanol–water partition coefficient (Wildman–Crippen LogP) is -0.322. The molecule has 1 saturated heterocycles. The maximum atomic E-state index is 11.5. The lowest BCUT2D eigenvalue weighted by atomic mass is 10.1. The Morgan fingerprint density at radius 2 is 2.18 bits per heavy atom. The summed E-state index contributed by atoms with van der Waals surface area (Å²) in [7, 11) is 1.30. The minimum Gasteiger partial charge on any atom is -0.469 e. The van der Waals surface area contributed by atoms with Gasteiger partial charge in [0.05, 0.1) is 20.1 Å². The summed E-state index contributed by atoms with van der Waals surface area (Å²) >= 11 is 0. The molecule has 0 bridgehead atoms. The van der Waals surface area contributed by atoms with Crippen LogP contribution in [-0.2, 0) is 19.1 Å². The zero-order valence-corrected chi connectivity index (χ0v) is 10.0. The zero-order chi connectivity index (χ0) is 12.7. The van der Waals surface area contributed by atoms with Crippen molar-refractivity contribution in [2.45, 2.75) is 25.7 Å². The fraction of sp³-hybridized carbons (Fsp3) is 0.727. The topological polar surface area (TPSA) is 75.7 Å². The third kappa shape index (κ3) is 4.84. The summed E-state index contributed by atoms with van der Waals surface area (Å²) in [6.45, 7) is 0.969. The van der Waals surface area contributed by atoms with Gasteiger partial charge in [-0.25, -0.2) is 0 Å². The smallest absolute Gasteiger partial charge is 0.307 e. The molecule has 0 unspecified atom stereocenters. The van der Waals surface area contributed by atoms with Gasteiger partial charge in [0.15, 0.2) is 0 Å². The van der Waals surface area contributed by atoms with E-state index in [0.717, 1.165) is 12.8 Å². The van der Waals surface area contributed by atoms with Gasteiger partial charge in [0.25, 0.3) is 0 Å². The number of ether oxygens (including phenoxy) is 1. The van der Waals surface area contributed by atoms with E-state index < -0.39 is 0 Å². The second kappa shape index (κ2) is 6.88. The van der Waals surface area contributed by atoms with E-state index in [-0.39, 0.29) is 37.3 Å². The van der Waals surface area contributed by atoms with Crippen LogP contribution in [0.5, 0.6) is 0 Å². The molecule has 1 rings (SSSR count). The van der Waals surface area contributed by atoms with Gasteiger partial charge in [-0.2, -0.15) is 0 Å². The molecule has 1 aliphatic heterocycles. The van der Waals surface area contributed by atoms with E-state index in [9.17, 15) is 14.4 Å². The third-order valence-electron chi connectivity index (χ3n) is 2.63. The molecule has 0 radical (unpaired) electrons. The molecule has 17 heavy (non-hydrogen) atoms. The largest absolute Gasteiger partial charge is 0.469 e. The summed E-state index contributed by atoms with van der Waals surface area (Å²) < 4.78 is 4.44. The van der Waals surface area contributed by atoms with Crippen LogP contribution >= 0.6 is 0 Å². The minimum atomic E-state index is -0.362. The van der Waals surface area contributed by atoms with Crippen LogP contribution in [0.3, 0.4) is 0 Å². The molecular formula is C11H18N2O4. The molecule has 96 valence electrons. The lowest BCUT2D eigenvalue weighted by Crippen LogP contribution is -2.43. The molecule has 0 saturated carbocycles. The maximum absolute atomic E-state index is 11.5. The molecule has 6 nitrogen and oxygen atoms in total. The fourth-order valence-corrected chi connectivity index (χ4v) is 1.66. The van der Waals surface area contributed by atoms with Crippen LogP contribution in [0.15, 0.2) is 0 Å². The van der Waals surface area contributed by atoms with Crippen molar-refractivity contribution in [2.75, 3.05) is 26.7 Å². The normalized spacial score (nSPS) is 15.6. The maximum Gasteiger partial charge on any atom is 0.307 e. The summed E-state index contributed by atoms with van der Waals surface area (Å²) in [5, 5.41) is 2.58. The van der Waals surface area contributed by atoms with E-state index in [1.165, 1.54) is 7.11 Å². The van der Waals surface area contributed by atoms with E-state index in [0.29, 0.717) is 13.0 Å². The van der Waals surface area contributed by atoms with E-state index in [2.05, 4.69) is 10.1 Å². The number of hydrogen-bond donors (Lipinski definition) is 1. The fourth-order valence-electron chi connectivity index (χ4n) is 1.66. The first-order valence-corrected chi connectivity index (χ1v) is 5.75. The molecular weight excluding hydrogens is 224 g/mol. The number of carbonyl (C=O) groups excluding carboxylic acids is 3. The van der Waals surface area contributed by atoms with Gasteiger partial charge >= 0.3 is 5.97 Å². The Kier molecular flexibility index (Phi) is 5.45. The molecule has 0 spiro atoms. The van der Waals surface area contributed by atoms with Crippen LogP contribution < -0.4 is 5.32 Å². The minimum absolute atomic E-state index is 0.0272. The number of esters is 1. The zero-order valence-electron chi connectivity index (χ0n) is 10.0. The number of hydrogen-bond acceptors (Lipinski definition) is 4. The van der Waals surface area contributed by atoms with Crippen LogP contribution in [0.2, 0.25) is 0 Å². The van der Waals surface area contributed by atoms with Crippen molar-refractivity contribution in [1.29, 1.82) is 0 Å². The number of rotatable bonds is 5. The average Bonchev–Trinajstić information content (AvgIpc) is 2.32. The van der Waals surface area contributed by atoms with E-state index in [4.69, 9.17) is 0 Å². The molecule has 1 fully saturated rings. The van der Waals surface area contributed by atoms with Crippen molar-refractivity contribution in [2.24, 2.45) is 0 Å². The number of piperidine rings is 1. The molecule has 1 aliphatic rings. The molecule has 0 aromatic heterocycles. The highest BCUT2D eigenvalue weighted by molar-refractivity contribution is 5.85. The van der Waals surface area contributed by atoms with Gasteiger partial charge in [-0.15, -0.1) is 0 Å². The number of nitrogens with one attached hydrogen (secondary N) is 1. The Hall–Kier alpha value is -1.59. The highest BCUT2D eigenvalue weighted by Crippen LogP contribution is 2.09. The van der Waals surface area contributed by atoms with Gasteiger partial charge < -0.3 is 15.0 Å². The van der Waals surface area contributed by atoms with Crippen molar-refractivity contribution < 1.29 is 19.1 Å². The number of likely N-dealkylation sites (tertiary alicyclic amines) is 1. The first kappa shape index (κ1) is 13.5. The Morgan fingerprint density at radius 1 is 1.41 bits per heavy atom. The second-order valence-electron chi connectivity index (χ2n) is 3.95. The van der Waals surface area contributed by atoms with Gasteiger partial charge in [0.1, 0.15) is 0 Å². The highest BCUT2D eigenvalue weighted by atomic mass is 16.5.